The van der Waals surface area contributed by atoms with Crippen LogP contribution in [0, 0.1) is 6.07 Å². The predicted octanol–water partition coefficient (Wildman–Crippen LogP) is 3.34. The Bertz CT molecular complexity index is 625. The van der Waals surface area contributed by atoms with Crippen molar-refractivity contribution in [1.29, 1.82) is 0 Å². The van der Waals surface area contributed by atoms with Gasteiger partial charge in [-0.1, -0.05) is 12.5 Å². The zero-order valence-corrected chi connectivity index (χ0v) is 12.3. The van der Waals surface area contributed by atoms with E-state index in [9.17, 15) is 0 Å². The number of rotatable bonds is 5. The van der Waals surface area contributed by atoms with Gasteiger partial charge in [-0.2, -0.15) is 4.98 Å². The molecule has 1 aliphatic rings. The van der Waals surface area contributed by atoms with Crippen molar-refractivity contribution in [3.8, 4) is 5.75 Å². The Hall–Kier alpha value is -2.30. The molecule has 1 aliphatic carbocycles. The summed E-state index contributed by atoms with van der Waals surface area (Å²) in [4.78, 5) is 9.00. The summed E-state index contributed by atoms with van der Waals surface area (Å²) in [5.41, 5.74) is 2.04. The van der Waals surface area contributed by atoms with E-state index < -0.39 is 0 Å². The van der Waals surface area contributed by atoms with Crippen LogP contribution in [0.3, 0.4) is 0 Å². The maximum atomic E-state index is 5.30. The first-order chi connectivity index (χ1) is 10.3. The Morgan fingerprint density at radius 2 is 2.24 bits per heavy atom. The third kappa shape index (κ3) is 2.77. The lowest BCUT2D eigenvalue weighted by atomic mass is 9.81. The Balaban J connectivity index is 1.85. The molecule has 1 fully saturated rings. The molecule has 1 aromatic heterocycles. The molecule has 5 heteroatoms. The van der Waals surface area contributed by atoms with E-state index in [0.29, 0.717) is 11.9 Å². The lowest BCUT2D eigenvalue weighted by Gasteiger charge is -2.27. The molecule has 0 unspecified atom stereocenters. The van der Waals surface area contributed by atoms with Gasteiger partial charge in [0.1, 0.15) is 11.6 Å². The number of hydrogen-bond acceptors (Lipinski definition) is 5. The molecule has 0 bridgehead atoms. The number of anilines is 3. The van der Waals surface area contributed by atoms with Crippen LogP contribution in [-0.2, 0) is 0 Å². The van der Waals surface area contributed by atoms with E-state index in [0.717, 1.165) is 17.3 Å². The fourth-order valence-electron chi connectivity index (χ4n) is 2.48. The number of nitrogens with one attached hydrogen (secondary N) is 2. The average Bonchev–Trinajstić information content (AvgIpc) is 2.47. The minimum Gasteiger partial charge on any atom is -0.495 e. The van der Waals surface area contributed by atoms with E-state index >= 15 is 0 Å². The summed E-state index contributed by atoms with van der Waals surface area (Å²) in [6, 6.07) is 8.48. The minimum atomic E-state index is 0.562. The molecular formula is C16H19N4O. The van der Waals surface area contributed by atoms with Crippen LogP contribution >= 0.6 is 0 Å². The third-order valence-corrected chi connectivity index (χ3v) is 3.89. The van der Waals surface area contributed by atoms with Crippen molar-refractivity contribution in [1.82, 2.24) is 9.97 Å². The number of aromatic nitrogens is 2. The van der Waals surface area contributed by atoms with Crippen LogP contribution in [-0.4, -0.2) is 24.1 Å². The van der Waals surface area contributed by atoms with E-state index in [1.807, 2.05) is 25.4 Å². The lowest BCUT2D eigenvalue weighted by Crippen LogP contribution is -2.13. The first-order valence-electron chi connectivity index (χ1n) is 7.17. The Kier molecular flexibility index (Phi) is 3.90. The highest BCUT2D eigenvalue weighted by molar-refractivity contribution is 5.63. The van der Waals surface area contributed by atoms with Gasteiger partial charge in [0, 0.05) is 18.8 Å². The second-order valence-corrected chi connectivity index (χ2v) is 5.13. The van der Waals surface area contributed by atoms with E-state index in [2.05, 4.69) is 26.7 Å². The SMILES string of the molecule is CNc1nc(Nc2cc[c]cc2OC)ncc1C1CCC1. The number of hydrogen-bond donors (Lipinski definition) is 2. The molecule has 2 N–H and O–H groups in total. The van der Waals surface area contributed by atoms with Crippen LogP contribution in [0.4, 0.5) is 17.5 Å². The largest absolute Gasteiger partial charge is 0.495 e. The van der Waals surface area contributed by atoms with Crippen molar-refractivity contribution >= 4 is 17.5 Å². The molecule has 109 valence electrons. The third-order valence-electron chi connectivity index (χ3n) is 3.89. The number of ether oxygens (including phenoxy) is 1. The molecule has 1 saturated carbocycles. The van der Waals surface area contributed by atoms with E-state index in [1.165, 1.54) is 24.8 Å². The van der Waals surface area contributed by atoms with E-state index in [4.69, 9.17) is 4.74 Å². The van der Waals surface area contributed by atoms with E-state index in [1.54, 1.807) is 13.2 Å². The van der Waals surface area contributed by atoms with Crippen molar-refractivity contribution in [2.75, 3.05) is 24.8 Å². The topological polar surface area (TPSA) is 59.1 Å². The zero-order chi connectivity index (χ0) is 14.7. The standard InChI is InChI=1S/C16H19N4O/c1-17-15-12(11-6-5-7-11)10-18-16(20-15)19-13-8-3-4-9-14(13)21-2/h3,8-11H,5-7H2,1-2H3,(H2,17,18,19,20). The van der Waals surface area contributed by atoms with Crippen LogP contribution in [0.5, 0.6) is 5.75 Å². The van der Waals surface area contributed by atoms with Gasteiger partial charge in [0.05, 0.1) is 12.8 Å². The van der Waals surface area contributed by atoms with Crippen LogP contribution in [0.15, 0.2) is 24.4 Å². The number of benzene rings is 1. The summed E-state index contributed by atoms with van der Waals surface area (Å²) in [5.74, 6) is 2.78. The predicted molar refractivity (Wildman–Crippen MR) is 83.3 cm³/mol. The van der Waals surface area contributed by atoms with Gasteiger partial charge >= 0.3 is 0 Å². The molecule has 1 heterocycles. The van der Waals surface area contributed by atoms with Crippen LogP contribution in [0.1, 0.15) is 30.7 Å². The summed E-state index contributed by atoms with van der Waals surface area (Å²) in [7, 11) is 3.53. The molecule has 0 saturated heterocycles. The average molecular weight is 283 g/mol. The van der Waals surface area contributed by atoms with Crippen LogP contribution in [0.25, 0.3) is 0 Å². The zero-order valence-electron chi connectivity index (χ0n) is 12.3. The van der Waals surface area contributed by atoms with Gasteiger partial charge in [-0.15, -0.1) is 0 Å². The molecule has 5 nitrogen and oxygen atoms in total. The summed E-state index contributed by atoms with van der Waals surface area (Å²) in [5, 5.41) is 6.36. The van der Waals surface area contributed by atoms with Crippen molar-refractivity contribution in [3.05, 3.63) is 36.0 Å². The van der Waals surface area contributed by atoms with Gasteiger partial charge < -0.3 is 15.4 Å². The Labute approximate surface area is 124 Å². The molecule has 21 heavy (non-hydrogen) atoms. The maximum Gasteiger partial charge on any atom is 0.229 e. The molecule has 0 aliphatic heterocycles. The highest BCUT2D eigenvalue weighted by Gasteiger charge is 2.23. The molecule has 1 radical (unpaired) electrons. The summed E-state index contributed by atoms with van der Waals surface area (Å²) < 4.78 is 5.30. The molecule has 3 rings (SSSR count). The first-order valence-corrected chi connectivity index (χ1v) is 7.17. The van der Waals surface area contributed by atoms with Gasteiger partial charge in [0.25, 0.3) is 0 Å². The van der Waals surface area contributed by atoms with E-state index in [-0.39, 0.29) is 0 Å². The summed E-state index contributed by atoms with van der Waals surface area (Å²) >= 11 is 0. The van der Waals surface area contributed by atoms with Gasteiger partial charge in [0.15, 0.2) is 0 Å². The smallest absolute Gasteiger partial charge is 0.229 e. The fraction of sp³-hybridized carbons (Fsp3) is 0.375. The monoisotopic (exact) mass is 283 g/mol. The van der Waals surface area contributed by atoms with Gasteiger partial charge in [-0.3, -0.25) is 0 Å². The Morgan fingerprint density at radius 3 is 2.90 bits per heavy atom. The van der Waals surface area contributed by atoms with Crippen molar-refractivity contribution < 1.29 is 4.74 Å². The first kappa shape index (κ1) is 13.7. The van der Waals surface area contributed by atoms with Crippen molar-refractivity contribution in [3.63, 3.8) is 0 Å². The molecule has 0 spiro atoms. The minimum absolute atomic E-state index is 0.562. The summed E-state index contributed by atoms with van der Waals surface area (Å²) in [6.07, 6.45) is 5.68. The van der Waals surface area contributed by atoms with Crippen molar-refractivity contribution in [2.45, 2.75) is 25.2 Å². The second-order valence-electron chi connectivity index (χ2n) is 5.13. The highest BCUT2D eigenvalue weighted by Crippen LogP contribution is 2.39. The molecule has 1 aromatic carbocycles. The quantitative estimate of drug-likeness (QED) is 0.881. The van der Waals surface area contributed by atoms with Gasteiger partial charge in [-0.25, -0.2) is 4.98 Å². The molecule has 0 atom stereocenters. The highest BCUT2D eigenvalue weighted by atomic mass is 16.5. The normalized spacial score (nSPS) is 14.4. The second kappa shape index (κ2) is 5.99. The van der Waals surface area contributed by atoms with Crippen LogP contribution < -0.4 is 15.4 Å². The van der Waals surface area contributed by atoms with Crippen LogP contribution in [0.2, 0.25) is 0 Å². The van der Waals surface area contributed by atoms with Gasteiger partial charge in [0.2, 0.25) is 5.95 Å². The molecular weight excluding hydrogens is 264 g/mol. The maximum absolute atomic E-state index is 5.30. The van der Waals surface area contributed by atoms with Crippen molar-refractivity contribution in [2.24, 2.45) is 0 Å². The van der Waals surface area contributed by atoms with Gasteiger partial charge in [-0.05, 0) is 37.0 Å². The molecule has 2 aromatic rings. The Morgan fingerprint density at radius 1 is 1.38 bits per heavy atom. The lowest BCUT2D eigenvalue weighted by molar-refractivity contribution is 0.416. The fourth-order valence-corrected chi connectivity index (χ4v) is 2.48. The number of nitrogens with zero attached hydrogens (tertiary/aromatic N) is 2. The summed E-state index contributed by atoms with van der Waals surface area (Å²) in [6.45, 7) is 0. The molecule has 0 amide bonds. The number of methoxy groups -OCH3 is 1.